The largest absolute Gasteiger partial charge is 0.497 e. The van der Waals surface area contributed by atoms with Crippen LogP contribution in [0.25, 0.3) is 0 Å². The molecular formula is C19H32N4O2. The number of methoxy groups -OCH3 is 1. The molecule has 0 bridgehead atoms. The highest BCUT2D eigenvalue weighted by atomic mass is 16.5. The molecule has 2 N–H and O–H groups in total. The SMILES string of the molecule is CCNC(=NCC(C)N(C)C1CC1)NCCOc1ccc(OC)cc1. The lowest BCUT2D eigenvalue weighted by molar-refractivity contribution is 0.253. The van der Waals surface area contributed by atoms with Crippen LogP contribution in [0, 0.1) is 0 Å². The van der Waals surface area contributed by atoms with Crippen molar-refractivity contribution in [2.75, 3.05) is 40.4 Å². The highest BCUT2D eigenvalue weighted by Crippen LogP contribution is 2.26. The minimum Gasteiger partial charge on any atom is -0.497 e. The van der Waals surface area contributed by atoms with Crippen LogP contribution in [0.1, 0.15) is 26.7 Å². The topological polar surface area (TPSA) is 58.1 Å². The number of hydrogen-bond donors (Lipinski definition) is 2. The van der Waals surface area contributed by atoms with E-state index in [1.807, 2.05) is 24.3 Å². The maximum atomic E-state index is 5.73. The van der Waals surface area contributed by atoms with Crippen molar-refractivity contribution in [3.63, 3.8) is 0 Å². The van der Waals surface area contributed by atoms with E-state index in [9.17, 15) is 0 Å². The fraction of sp³-hybridized carbons (Fsp3) is 0.632. The van der Waals surface area contributed by atoms with Gasteiger partial charge in [-0.25, -0.2) is 0 Å². The summed E-state index contributed by atoms with van der Waals surface area (Å²) in [6.45, 7) is 7.22. The molecule has 0 aromatic heterocycles. The van der Waals surface area contributed by atoms with E-state index in [1.165, 1.54) is 12.8 Å². The minimum absolute atomic E-state index is 0.457. The quantitative estimate of drug-likeness (QED) is 0.385. The Morgan fingerprint density at radius 3 is 2.52 bits per heavy atom. The fourth-order valence-corrected chi connectivity index (χ4v) is 2.55. The molecule has 0 saturated heterocycles. The van der Waals surface area contributed by atoms with Gasteiger partial charge in [-0.05, 0) is 58.0 Å². The lowest BCUT2D eigenvalue weighted by atomic mass is 10.3. The molecule has 140 valence electrons. The van der Waals surface area contributed by atoms with Crippen molar-refractivity contribution < 1.29 is 9.47 Å². The predicted octanol–water partition coefficient (Wildman–Crippen LogP) is 2.11. The summed E-state index contributed by atoms with van der Waals surface area (Å²) in [5.74, 6) is 2.51. The smallest absolute Gasteiger partial charge is 0.191 e. The Morgan fingerprint density at radius 1 is 1.24 bits per heavy atom. The van der Waals surface area contributed by atoms with E-state index in [1.54, 1.807) is 7.11 Å². The number of hydrogen-bond acceptors (Lipinski definition) is 4. The summed E-state index contributed by atoms with van der Waals surface area (Å²) in [6.07, 6.45) is 2.65. The molecule has 1 aliphatic rings. The first-order valence-electron chi connectivity index (χ1n) is 9.15. The van der Waals surface area contributed by atoms with Crippen molar-refractivity contribution in [2.24, 2.45) is 4.99 Å². The van der Waals surface area contributed by atoms with Gasteiger partial charge in [-0.2, -0.15) is 0 Å². The summed E-state index contributed by atoms with van der Waals surface area (Å²) in [7, 11) is 3.85. The van der Waals surface area contributed by atoms with Gasteiger partial charge in [-0.1, -0.05) is 0 Å². The Balaban J connectivity index is 1.71. The van der Waals surface area contributed by atoms with E-state index in [0.717, 1.165) is 36.6 Å². The lowest BCUT2D eigenvalue weighted by Gasteiger charge is -2.23. The van der Waals surface area contributed by atoms with Crippen LogP contribution in [0.15, 0.2) is 29.3 Å². The summed E-state index contributed by atoms with van der Waals surface area (Å²) in [6, 6.07) is 8.83. The zero-order valence-corrected chi connectivity index (χ0v) is 15.9. The third-order valence-electron chi connectivity index (χ3n) is 4.40. The number of nitrogens with zero attached hydrogens (tertiary/aromatic N) is 2. The van der Waals surface area contributed by atoms with Crippen LogP contribution < -0.4 is 20.1 Å². The van der Waals surface area contributed by atoms with Crippen molar-refractivity contribution in [3.05, 3.63) is 24.3 Å². The number of likely N-dealkylation sites (N-methyl/N-ethyl adjacent to an activating group) is 1. The van der Waals surface area contributed by atoms with Gasteiger partial charge in [0, 0.05) is 18.6 Å². The summed E-state index contributed by atoms with van der Waals surface area (Å²) < 4.78 is 10.9. The molecule has 1 saturated carbocycles. The van der Waals surface area contributed by atoms with Crippen LogP contribution in [0.3, 0.4) is 0 Å². The summed E-state index contributed by atoms with van der Waals surface area (Å²) >= 11 is 0. The van der Waals surface area contributed by atoms with Gasteiger partial charge in [0.25, 0.3) is 0 Å². The third-order valence-corrected chi connectivity index (χ3v) is 4.40. The van der Waals surface area contributed by atoms with Crippen LogP contribution in [0.5, 0.6) is 11.5 Å². The molecule has 1 aliphatic carbocycles. The van der Waals surface area contributed by atoms with E-state index in [0.29, 0.717) is 19.2 Å². The summed E-state index contributed by atoms with van der Waals surface area (Å²) in [4.78, 5) is 7.12. The zero-order chi connectivity index (χ0) is 18.1. The first-order valence-corrected chi connectivity index (χ1v) is 9.15. The molecule has 1 fully saturated rings. The Bertz CT molecular complexity index is 529. The molecular weight excluding hydrogens is 316 g/mol. The number of nitrogens with one attached hydrogen (secondary N) is 2. The molecule has 25 heavy (non-hydrogen) atoms. The number of aliphatic imine (C=N–C) groups is 1. The van der Waals surface area contributed by atoms with Gasteiger partial charge >= 0.3 is 0 Å². The van der Waals surface area contributed by atoms with Crippen LogP contribution in [0.4, 0.5) is 0 Å². The molecule has 0 amide bonds. The van der Waals surface area contributed by atoms with E-state index in [-0.39, 0.29) is 0 Å². The monoisotopic (exact) mass is 348 g/mol. The van der Waals surface area contributed by atoms with Crippen LogP contribution in [-0.2, 0) is 0 Å². The Kier molecular flexibility index (Phi) is 7.85. The normalized spacial score (nSPS) is 15.8. The van der Waals surface area contributed by atoms with Gasteiger partial charge in [0.1, 0.15) is 18.1 Å². The number of guanidine groups is 1. The Morgan fingerprint density at radius 2 is 1.92 bits per heavy atom. The standard InChI is InChI=1S/C19H32N4O2/c1-5-20-19(22-14-15(2)23(3)16-6-7-16)21-12-13-25-18-10-8-17(24-4)9-11-18/h8-11,15-16H,5-7,12-14H2,1-4H3,(H2,20,21,22). The number of benzene rings is 1. The van der Waals surface area contributed by atoms with Crippen molar-refractivity contribution in [1.82, 2.24) is 15.5 Å². The fourth-order valence-electron chi connectivity index (χ4n) is 2.55. The van der Waals surface area contributed by atoms with Gasteiger partial charge in [-0.3, -0.25) is 9.89 Å². The van der Waals surface area contributed by atoms with Crippen molar-refractivity contribution in [1.29, 1.82) is 0 Å². The highest BCUT2D eigenvalue weighted by Gasteiger charge is 2.28. The second-order valence-corrected chi connectivity index (χ2v) is 6.42. The lowest BCUT2D eigenvalue weighted by Crippen LogP contribution is -2.41. The van der Waals surface area contributed by atoms with Crippen molar-refractivity contribution in [2.45, 2.75) is 38.8 Å². The van der Waals surface area contributed by atoms with Crippen molar-refractivity contribution in [3.8, 4) is 11.5 Å². The second-order valence-electron chi connectivity index (χ2n) is 6.42. The second kappa shape index (κ2) is 10.1. The number of ether oxygens (including phenoxy) is 2. The Labute approximate surface area is 151 Å². The zero-order valence-electron chi connectivity index (χ0n) is 15.9. The van der Waals surface area contributed by atoms with Gasteiger partial charge in [0.15, 0.2) is 5.96 Å². The van der Waals surface area contributed by atoms with Crippen molar-refractivity contribution >= 4 is 5.96 Å². The maximum Gasteiger partial charge on any atom is 0.191 e. The van der Waals surface area contributed by atoms with Crippen LogP contribution in [0.2, 0.25) is 0 Å². The molecule has 1 unspecified atom stereocenters. The minimum atomic E-state index is 0.457. The van der Waals surface area contributed by atoms with Crippen LogP contribution >= 0.6 is 0 Å². The molecule has 2 rings (SSSR count). The third kappa shape index (κ3) is 6.82. The molecule has 0 heterocycles. The molecule has 6 heteroatoms. The van der Waals surface area contributed by atoms with E-state index in [2.05, 4.69) is 36.4 Å². The van der Waals surface area contributed by atoms with E-state index in [4.69, 9.17) is 14.5 Å². The molecule has 1 aromatic rings. The molecule has 0 aliphatic heterocycles. The highest BCUT2D eigenvalue weighted by molar-refractivity contribution is 5.79. The molecule has 0 spiro atoms. The summed E-state index contributed by atoms with van der Waals surface area (Å²) in [5, 5.41) is 6.61. The van der Waals surface area contributed by atoms with E-state index < -0.39 is 0 Å². The van der Waals surface area contributed by atoms with Gasteiger partial charge in [0.05, 0.1) is 20.2 Å². The molecule has 1 atom stereocenters. The molecule has 1 aromatic carbocycles. The van der Waals surface area contributed by atoms with Crippen LogP contribution in [-0.4, -0.2) is 63.3 Å². The average molecular weight is 348 g/mol. The van der Waals surface area contributed by atoms with Gasteiger partial charge < -0.3 is 20.1 Å². The number of rotatable bonds is 10. The van der Waals surface area contributed by atoms with E-state index >= 15 is 0 Å². The molecule has 6 nitrogen and oxygen atoms in total. The first-order chi connectivity index (χ1) is 12.1. The Hall–Kier alpha value is -1.95. The van der Waals surface area contributed by atoms with Gasteiger partial charge in [-0.15, -0.1) is 0 Å². The molecule has 0 radical (unpaired) electrons. The predicted molar refractivity (Wildman–Crippen MR) is 103 cm³/mol. The first kappa shape index (κ1) is 19.4. The average Bonchev–Trinajstić information content (AvgIpc) is 3.47. The summed E-state index contributed by atoms with van der Waals surface area (Å²) in [5.41, 5.74) is 0. The van der Waals surface area contributed by atoms with Gasteiger partial charge in [0.2, 0.25) is 0 Å². The maximum absolute atomic E-state index is 5.73.